The van der Waals surface area contributed by atoms with Gasteiger partial charge < -0.3 is 15.3 Å². The number of aromatic amines is 2. The number of hydrogen-bond donors (Lipinski definition) is 3. The summed E-state index contributed by atoms with van der Waals surface area (Å²) in [4.78, 5) is 14.8. The van der Waals surface area contributed by atoms with Crippen molar-refractivity contribution in [1.29, 1.82) is 0 Å². The molecule has 2 heterocycles. The summed E-state index contributed by atoms with van der Waals surface area (Å²) in [6, 6.07) is 0.115. The summed E-state index contributed by atoms with van der Waals surface area (Å²) < 4.78 is 0. The molecule has 0 aliphatic carbocycles. The maximum atomic E-state index is 4.42. The van der Waals surface area contributed by atoms with Crippen molar-refractivity contribution in [1.82, 2.24) is 19.9 Å². The topological polar surface area (TPSA) is 69.4 Å². The quantitative estimate of drug-likeness (QED) is 0.167. The van der Waals surface area contributed by atoms with Gasteiger partial charge in [-0.3, -0.25) is 0 Å². The predicted octanol–water partition coefficient (Wildman–Crippen LogP) is 8.16. The first kappa shape index (κ1) is 27.8. The molecule has 0 aromatic carbocycles. The van der Waals surface area contributed by atoms with Crippen LogP contribution >= 0.6 is 11.8 Å². The van der Waals surface area contributed by atoms with Gasteiger partial charge in [-0.25, -0.2) is 9.97 Å². The number of thioether (sulfide) groups is 1. The molecule has 0 amide bonds. The summed E-state index contributed by atoms with van der Waals surface area (Å²) in [5.41, 5.74) is 5.88. The Morgan fingerprint density at radius 3 is 2.12 bits per heavy atom. The standard InChI is InChI=1S/C28H43N5S/c1-22(2)9-6-10-23(3)11-7-12-24(4)13-8-14-25(5)15-18-34-20-26(28-30-16-17-31-28)33-27-19-29-21-32-27/h9,11,13,15-17,19,21,26,33H,6-8,10,12,14,18,20H2,1-5H3,(H,29,32)(H,30,31). The lowest BCUT2D eigenvalue weighted by Crippen LogP contribution is -2.15. The van der Waals surface area contributed by atoms with E-state index in [1.54, 1.807) is 18.7 Å². The lowest BCUT2D eigenvalue weighted by Gasteiger charge is -2.16. The van der Waals surface area contributed by atoms with Crippen LogP contribution in [0.25, 0.3) is 0 Å². The third-order valence-electron chi connectivity index (χ3n) is 5.67. The molecule has 0 bridgehead atoms. The zero-order chi connectivity index (χ0) is 24.6. The van der Waals surface area contributed by atoms with Crippen LogP contribution in [-0.4, -0.2) is 31.4 Å². The molecular weight excluding hydrogens is 438 g/mol. The fraction of sp³-hybridized carbons (Fsp3) is 0.500. The van der Waals surface area contributed by atoms with Crippen molar-refractivity contribution in [2.75, 3.05) is 16.8 Å². The van der Waals surface area contributed by atoms with E-state index in [0.717, 1.165) is 55.3 Å². The van der Waals surface area contributed by atoms with Crippen LogP contribution in [0.5, 0.6) is 0 Å². The summed E-state index contributed by atoms with van der Waals surface area (Å²) >= 11 is 1.91. The van der Waals surface area contributed by atoms with E-state index in [0.29, 0.717) is 0 Å². The third kappa shape index (κ3) is 12.1. The highest BCUT2D eigenvalue weighted by Gasteiger charge is 2.14. The van der Waals surface area contributed by atoms with Crippen molar-refractivity contribution in [2.45, 2.75) is 79.2 Å². The number of nitrogens with one attached hydrogen (secondary N) is 3. The molecule has 2 aromatic rings. The van der Waals surface area contributed by atoms with Gasteiger partial charge in [-0.05, 0) is 73.1 Å². The molecule has 1 unspecified atom stereocenters. The van der Waals surface area contributed by atoms with E-state index in [4.69, 9.17) is 0 Å². The molecule has 6 heteroatoms. The Balaban J connectivity index is 1.65. The number of hydrogen-bond acceptors (Lipinski definition) is 4. The van der Waals surface area contributed by atoms with Crippen LogP contribution in [-0.2, 0) is 0 Å². The molecule has 0 saturated carbocycles. The number of anilines is 1. The highest BCUT2D eigenvalue weighted by atomic mass is 32.2. The Labute approximate surface area is 210 Å². The Morgan fingerprint density at radius 1 is 0.912 bits per heavy atom. The van der Waals surface area contributed by atoms with Crippen molar-refractivity contribution < 1.29 is 0 Å². The van der Waals surface area contributed by atoms with Crippen LogP contribution in [0.15, 0.2) is 71.5 Å². The normalized spacial score (nSPS) is 13.7. The summed E-state index contributed by atoms with van der Waals surface area (Å²) in [6.07, 6.45) is 23.6. The van der Waals surface area contributed by atoms with Crippen molar-refractivity contribution in [2.24, 2.45) is 0 Å². The van der Waals surface area contributed by atoms with E-state index in [-0.39, 0.29) is 6.04 Å². The minimum atomic E-state index is 0.115. The molecule has 0 aliphatic rings. The number of rotatable bonds is 16. The van der Waals surface area contributed by atoms with Crippen molar-refractivity contribution in [3.8, 4) is 0 Å². The molecule has 2 aromatic heterocycles. The van der Waals surface area contributed by atoms with Gasteiger partial charge in [-0.15, -0.1) is 0 Å². The minimum absolute atomic E-state index is 0.115. The smallest absolute Gasteiger partial charge is 0.129 e. The first-order chi connectivity index (χ1) is 16.4. The monoisotopic (exact) mass is 481 g/mol. The number of nitrogens with zero attached hydrogens (tertiary/aromatic N) is 2. The first-order valence-corrected chi connectivity index (χ1v) is 13.5. The van der Waals surface area contributed by atoms with Gasteiger partial charge in [0.1, 0.15) is 11.6 Å². The second-order valence-corrected chi connectivity index (χ2v) is 10.3. The molecule has 34 heavy (non-hydrogen) atoms. The van der Waals surface area contributed by atoms with Crippen LogP contribution in [0.4, 0.5) is 5.82 Å². The summed E-state index contributed by atoms with van der Waals surface area (Å²) in [5, 5.41) is 3.47. The second-order valence-electron chi connectivity index (χ2n) is 9.22. The highest BCUT2D eigenvalue weighted by Crippen LogP contribution is 2.21. The van der Waals surface area contributed by atoms with Gasteiger partial charge in [0.25, 0.3) is 0 Å². The van der Waals surface area contributed by atoms with Gasteiger partial charge in [0.05, 0.1) is 18.6 Å². The van der Waals surface area contributed by atoms with Crippen molar-refractivity contribution >= 4 is 17.6 Å². The largest absolute Gasteiger partial charge is 0.360 e. The Kier molecular flexibility index (Phi) is 13.2. The van der Waals surface area contributed by atoms with Gasteiger partial charge in [0.15, 0.2) is 0 Å². The Bertz CT molecular complexity index is 916. The molecule has 2 rings (SSSR count). The van der Waals surface area contributed by atoms with Gasteiger partial charge in [-0.1, -0.05) is 46.6 Å². The first-order valence-electron chi connectivity index (χ1n) is 12.4. The Morgan fingerprint density at radius 2 is 1.56 bits per heavy atom. The SMILES string of the molecule is CC(C)=CCCC(C)=CCCC(C)=CCCC(C)=CCSCC(Nc1cnc[nH]1)c1ncc[nH]1. The van der Waals surface area contributed by atoms with Crippen molar-refractivity contribution in [3.63, 3.8) is 0 Å². The van der Waals surface area contributed by atoms with Crippen LogP contribution in [0, 0.1) is 0 Å². The average Bonchev–Trinajstić information content (AvgIpc) is 3.50. The van der Waals surface area contributed by atoms with Crippen molar-refractivity contribution in [3.05, 3.63) is 77.3 Å². The van der Waals surface area contributed by atoms with Crippen LogP contribution in [0.1, 0.15) is 85.0 Å². The third-order valence-corrected chi connectivity index (χ3v) is 6.64. The van der Waals surface area contributed by atoms with E-state index in [1.165, 1.54) is 28.7 Å². The zero-order valence-corrected chi connectivity index (χ0v) is 22.5. The maximum Gasteiger partial charge on any atom is 0.129 e. The van der Waals surface area contributed by atoms with Gasteiger partial charge in [0, 0.05) is 23.9 Å². The molecule has 186 valence electrons. The van der Waals surface area contributed by atoms with E-state index in [9.17, 15) is 0 Å². The number of allylic oxidation sites excluding steroid dienone is 7. The van der Waals surface area contributed by atoms with E-state index in [1.807, 2.05) is 18.0 Å². The highest BCUT2D eigenvalue weighted by molar-refractivity contribution is 7.99. The van der Waals surface area contributed by atoms with Gasteiger partial charge in [0.2, 0.25) is 0 Å². The molecule has 0 aliphatic heterocycles. The summed E-state index contributed by atoms with van der Waals surface area (Å²) in [6.45, 7) is 11.1. The zero-order valence-electron chi connectivity index (χ0n) is 21.7. The van der Waals surface area contributed by atoms with E-state index < -0.39 is 0 Å². The fourth-order valence-electron chi connectivity index (χ4n) is 3.55. The lowest BCUT2D eigenvalue weighted by atomic mass is 10.0. The molecule has 0 saturated heterocycles. The van der Waals surface area contributed by atoms with Gasteiger partial charge in [-0.2, -0.15) is 11.8 Å². The minimum Gasteiger partial charge on any atom is -0.360 e. The summed E-state index contributed by atoms with van der Waals surface area (Å²) in [5.74, 6) is 3.79. The number of H-pyrrole nitrogens is 2. The van der Waals surface area contributed by atoms with E-state index in [2.05, 4.69) is 84.2 Å². The van der Waals surface area contributed by atoms with Gasteiger partial charge >= 0.3 is 0 Å². The predicted molar refractivity (Wildman–Crippen MR) is 149 cm³/mol. The molecule has 3 N–H and O–H groups in total. The molecule has 5 nitrogen and oxygen atoms in total. The second kappa shape index (κ2) is 16.2. The number of aromatic nitrogens is 4. The van der Waals surface area contributed by atoms with Crippen LogP contribution in [0.2, 0.25) is 0 Å². The molecule has 1 atom stereocenters. The number of imidazole rings is 2. The maximum absolute atomic E-state index is 4.42. The lowest BCUT2D eigenvalue weighted by molar-refractivity contribution is 0.816. The average molecular weight is 482 g/mol. The Hall–Kier alpha value is -2.47. The summed E-state index contributed by atoms with van der Waals surface area (Å²) in [7, 11) is 0. The molecule has 0 fully saturated rings. The molecular formula is C28H43N5S. The van der Waals surface area contributed by atoms with E-state index >= 15 is 0 Å². The molecule has 0 radical (unpaired) electrons. The van der Waals surface area contributed by atoms with Crippen LogP contribution < -0.4 is 5.32 Å². The fourth-order valence-corrected chi connectivity index (χ4v) is 4.57. The molecule has 0 spiro atoms. The van der Waals surface area contributed by atoms with Crippen LogP contribution in [0.3, 0.4) is 0 Å².